The van der Waals surface area contributed by atoms with Gasteiger partial charge in [-0.1, -0.05) is 72.3 Å². The number of carbonyl (C=O) groups excluding carboxylic acids is 1. The van der Waals surface area contributed by atoms with Crippen molar-refractivity contribution in [3.63, 3.8) is 0 Å². The fourth-order valence-corrected chi connectivity index (χ4v) is 3.58. The molecule has 0 saturated carbocycles. The minimum absolute atomic E-state index is 0.133. The van der Waals surface area contributed by atoms with Crippen LogP contribution in [0.5, 0.6) is 5.75 Å². The molecule has 33 heavy (non-hydrogen) atoms. The maximum Gasteiger partial charge on any atom is 0.232 e. The van der Waals surface area contributed by atoms with Gasteiger partial charge in [0.15, 0.2) is 5.82 Å². The van der Waals surface area contributed by atoms with Crippen LogP contribution in [0.1, 0.15) is 35.2 Å². The quantitative estimate of drug-likeness (QED) is 0.397. The van der Waals surface area contributed by atoms with Crippen LogP contribution in [0.25, 0.3) is 11.3 Å². The molecule has 5 heteroatoms. The SMILES string of the molecule is COc1ccc(C(C)C(=O)Nc2ncc(-c3ccc(C)cc3)nc2Cc2ccccc2)cc1. The molecule has 1 N–H and O–H groups in total. The molecule has 4 rings (SSSR count). The van der Waals surface area contributed by atoms with Gasteiger partial charge in [0.2, 0.25) is 5.91 Å². The van der Waals surface area contributed by atoms with Crippen molar-refractivity contribution in [2.75, 3.05) is 12.4 Å². The maximum absolute atomic E-state index is 13.1. The Morgan fingerprint density at radius 1 is 0.970 bits per heavy atom. The van der Waals surface area contributed by atoms with Crippen LogP contribution < -0.4 is 10.1 Å². The number of hydrogen-bond acceptors (Lipinski definition) is 4. The molecule has 4 aromatic rings. The molecule has 0 radical (unpaired) electrons. The largest absolute Gasteiger partial charge is 0.497 e. The van der Waals surface area contributed by atoms with E-state index in [0.717, 1.165) is 33.8 Å². The third-order valence-corrected chi connectivity index (χ3v) is 5.66. The Morgan fingerprint density at radius 3 is 2.33 bits per heavy atom. The van der Waals surface area contributed by atoms with E-state index in [0.29, 0.717) is 12.2 Å². The van der Waals surface area contributed by atoms with Crippen molar-refractivity contribution in [2.45, 2.75) is 26.2 Å². The minimum atomic E-state index is -0.348. The van der Waals surface area contributed by atoms with Gasteiger partial charge in [0, 0.05) is 12.0 Å². The summed E-state index contributed by atoms with van der Waals surface area (Å²) in [4.78, 5) is 22.5. The molecule has 0 aliphatic carbocycles. The molecule has 1 atom stereocenters. The van der Waals surface area contributed by atoms with Crippen molar-refractivity contribution in [1.29, 1.82) is 0 Å². The Labute approximate surface area is 194 Å². The molecule has 166 valence electrons. The fourth-order valence-electron chi connectivity index (χ4n) is 3.58. The predicted molar refractivity (Wildman–Crippen MR) is 131 cm³/mol. The standard InChI is InChI=1S/C28H27N3O2/c1-19-9-11-23(12-10-19)26-18-29-27(25(30-26)17-21-7-5-4-6-8-21)31-28(32)20(2)22-13-15-24(33-3)16-14-22/h4-16,18,20H,17H2,1-3H3,(H,29,31,32). The highest BCUT2D eigenvalue weighted by molar-refractivity contribution is 5.95. The number of methoxy groups -OCH3 is 1. The summed E-state index contributed by atoms with van der Waals surface area (Å²) >= 11 is 0. The van der Waals surface area contributed by atoms with Gasteiger partial charge in [-0.15, -0.1) is 0 Å². The van der Waals surface area contributed by atoms with E-state index in [1.807, 2.05) is 73.7 Å². The van der Waals surface area contributed by atoms with Crippen LogP contribution in [0.15, 0.2) is 85.1 Å². The highest BCUT2D eigenvalue weighted by Gasteiger charge is 2.19. The van der Waals surface area contributed by atoms with E-state index in [9.17, 15) is 4.79 Å². The Kier molecular flexibility index (Phi) is 6.79. The van der Waals surface area contributed by atoms with Crippen LogP contribution >= 0.6 is 0 Å². The molecule has 3 aromatic carbocycles. The van der Waals surface area contributed by atoms with E-state index >= 15 is 0 Å². The second kappa shape index (κ2) is 10.1. The van der Waals surface area contributed by atoms with Gasteiger partial charge in [0.05, 0.1) is 30.6 Å². The van der Waals surface area contributed by atoms with Crippen molar-refractivity contribution in [2.24, 2.45) is 0 Å². The molecule has 1 amide bonds. The number of anilines is 1. The molecule has 0 saturated heterocycles. The first-order valence-corrected chi connectivity index (χ1v) is 10.9. The van der Waals surface area contributed by atoms with Crippen molar-refractivity contribution in [3.8, 4) is 17.0 Å². The first-order chi connectivity index (χ1) is 16.0. The number of ether oxygens (including phenoxy) is 1. The molecule has 1 heterocycles. The molecule has 5 nitrogen and oxygen atoms in total. The van der Waals surface area contributed by atoms with Crippen LogP contribution in [-0.4, -0.2) is 23.0 Å². The summed E-state index contributed by atoms with van der Waals surface area (Å²) in [6, 6.07) is 25.8. The molecule has 0 fully saturated rings. The van der Waals surface area contributed by atoms with E-state index in [4.69, 9.17) is 9.72 Å². The first-order valence-electron chi connectivity index (χ1n) is 10.9. The molecule has 1 aromatic heterocycles. The number of benzene rings is 3. The van der Waals surface area contributed by atoms with Crippen LogP contribution in [0.2, 0.25) is 0 Å². The highest BCUT2D eigenvalue weighted by Crippen LogP contribution is 2.25. The summed E-state index contributed by atoms with van der Waals surface area (Å²) in [5, 5.41) is 3.00. The number of aromatic nitrogens is 2. The molecule has 1 unspecified atom stereocenters. The summed E-state index contributed by atoms with van der Waals surface area (Å²) < 4.78 is 5.21. The van der Waals surface area contributed by atoms with Crippen molar-refractivity contribution in [3.05, 3.63) is 107 Å². The van der Waals surface area contributed by atoms with Gasteiger partial charge in [0.1, 0.15) is 5.75 Å². The van der Waals surface area contributed by atoms with Crippen LogP contribution in [-0.2, 0) is 11.2 Å². The minimum Gasteiger partial charge on any atom is -0.497 e. The molecule has 0 bridgehead atoms. The number of nitrogens with zero attached hydrogens (tertiary/aromatic N) is 2. The van der Waals surface area contributed by atoms with E-state index in [-0.39, 0.29) is 11.8 Å². The van der Waals surface area contributed by atoms with Gasteiger partial charge in [-0.3, -0.25) is 4.79 Å². The van der Waals surface area contributed by atoms with Crippen molar-refractivity contribution in [1.82, 2.24) is 9.97 Å². The molecular formula is C28H27N3O2. The number of amides is 1. The Bertz CT molecular complexity index is 1220. The number of rotatable bonds is 7. The third-order valence-electron chi connectivity index (χ3n) is 5.66. The Balaban J connectivity index is 1.62. The van der Waals surface area contributed by atoms with Gasteiger partial charge in [-0.25, -0.2) is 9.97 Å². The van der Waals surface area contributed by atoms with E-state index < -0.39 is 0 Å². The predicted octanol–water partition coefficient (Wildman–Crippen LogP) is 5.79. The fraction of sp³-hybridized carbons (Fsp3) is 0.179. The summed E-state index contributed by atoms with van der Waals surface area (Å²) in [5.41, 5.74) is 5.70. The zero-order chi connectivity index (χ0) is 23.2. The Morgan fingerprint density at radius 2 is 1.67 bits per heavy atom. The molecular weight excluding hydrogens is 410 g/mol. The van der Waals surface area contributed by atoms with Crippen LogP contribution in [0, 0.1) is 6.92 Å². The van der Waals surface area contributed by atoms with Crippen LogP contribution in [0.3, 0.4) is 0 Å². The van der Waals surface area contributed by atoms with Crippen molar-refractivity contribution >= 4 is 11.7 Å². The van der Waals surface area contributed by atoms with Crippen LogP contribution in [0.4, 0.5) is 5.82 Å². The average molecular weight is 438 g/mol. The summed E-state index contributed by atoms with van der Waals surface area (Å²) in [7, 11) is 1.62. The molecule has 0 spiro atoms. The maximum atomic E-state index is 13.1. The van der Waals surface area contributed by atoms with E-state index in [1.54, 1.807) is 13.3 Å². The van der Waals surface area contributed by atoms with Gasteiger partial charge < -0.3 is 10.1 Å². The highest BCUT2D eigenvalue weighted by atomic mass is 16.5. The topological polar surface area (TPSA) is 64.1 Å². The smallest absolute Gasteiger partial charge is 0.232 e. The lowest BCUT2D eigenvalue weighted by Gasteiger charge is -2.15. The van der Waals surface area contributed by atoms with Crippen molar-refractivity contribution < 1.29 is 9.53 Å². The summed E-state index contributed by atoms with van der Waals surface area (Å²) in [6.07, 6.45) is 2.28. The average Bonchev–Trinajstić information content (AvgIpc) is 2.86. The number of nitrogens with one attached hydrogen (secondary N) is 1. The lowest BCUT2D eigenvalue weighted by atomic mass is 10.00. The normalized spacial score (nSPS) is 11.6. The Hall–Kier alpha value is -3.99. The van der Waals surface area contributed by atoms with Gasteiger partial charge in [-0.2, -0.15) is 0 Å². The zero-order valence-corrected chi connectivity index (χ0v) is 19.1. The van der Waals surface area contributed by atoms with Gasteiger partial charge >= 0.3 is 0 Å². The molecule has 0 aliphatic rings. The number of aryl methyl sites for hydroxylation is 1. The second-order valence-corrected chi connectivity index (χ2v) is 8.06. The van der Waals surface area contributed by atoms with E-state index in [1.165, 1.54) is 5.56 Å². The lowest BCUT2D eigenvalue weighted by Crippen LogP contribution is -2.21. The summed E-state index contributed by atoms with van der Waals surface area (Å²) in [6.45, 7) is 3.93. The van der Waals surface area contributed by atoms with E-state index in [2.05, 4.69) is 29.4 Å². The van der Waals surface area contributed by atoms with Gasteiger partial charge in [0.25, 0.3) is 0 Å². The number of hydrogen-bond donors (Lipinski definition) is 1. The number of carbonyl (C=O) groups is 1. The van der Waals surface area contributed by atoms with Gasteiger partial charge in [-0.05, 0) is 37.1 Å². The lowest BCUT2D eigenvalue weighted by molar-refractivity contribution is -0.117. The molecule has 0 aliphatic heterocycles. The first kappa shape index (κ1) is 22.2. The third kappa shape index (κ3) is 5.44. The monoisotopic (exact) mass is 437 g/mol. The zero-order valence-electron chi connectivity index (χ0n) is 19.1. The summed E-state index contributed by atoms with van der Waals surface area (Å²) in [5.74, 6) is 0.764. The second-order valence-electron chi connectivity index (χ2n) is 8.06.